The Morgan fingerprint density at radius 3 is 2.50 bits per heavy atom. The molecule has 2 aromatic carbocycles. The van der Waals surface area contributed by atoms with Gasteiger partial charge in [-0.3, -0.25) is 4.90 Å². The summed E-state index contributed by atoms with van der Waals surface area (Å²) in [6.45, 7) is 12.3. The van der Waals surface area contributed by atoms with Gasteiger partial charge in [0.25, 0.3) is 0 Å². The minimum absolute atomic E-state index is 0.225. The summed E-state index contributed by atoms with van der Waals surface area (Å²) in [5, 5.41) is 0.817. The third-order valence-corrected chi connectivity index (χ3v) is 6.23. The molecule has 5 heteroatoms. The quantitative estimate of drug-likeness (QED) is 0.298. The van der Waals surface area contributed by atoms with Gasteiger partial charge in [0.2, 0.25) is 0 Å². The van der Waals surface area contributed by atoms with Gasteiger partial charge in [-0.1, -0.05) is 50.9 Å². The molecule has 0 unspecified atom stereocenters. The molecule has 3 nitrogen and oxygen atoms in total. The normalized spacial score (nSPS) is 11.6. The maximum absolute atomic E-state index is 13.4. The standard InChI is InChI=1S/C27H35ClFN3/c1-5-6-14-32-25(17-30-27(32)23-9-11-24(29)12-10-23)19-31(15-13-20(2)3)18-22-8-7-21(4)26(28)16-22/h7-12,16-17,20H,5-6,13-15,18-19H2,1-4H3. The number of aromatic nitrogens is 2. The van der Waals surface area contributed by atoms with Gasteiger partial charge in [0.15, 0.2) is 0 Å². The Kier molecular flexibility index (Phi) is 8.89. The zero-order valence-electron chi connectivity index (χ0n) is 19.7. The van der Waals surface area contributed by atoms with Gasteiger partial charge in [-0.05, 0) is 73.7 Å². The van der Waals surface area contributed by atoms with E-state index in [-0.39, 0.29) is 5.82 Å². The molecule has 0 bridgehead atoms. The third-order valence-electron chi connectivity index (χ3n) is 5.83. The number of hydrogen-bond acceptors (Lipinski definition) is 2. The summed E-state index contributed by atoms with van der Waals surface area (Å²) in [6.07, 6.45) is 5.31. The van der Waals surface area contributed by atoms with Gasteiger partial charge in [0, 0.05) is 30.2 Å². The molecule has 0 saturated heterocycles. The summed E-state index contributed by atoms with van der Waals surface area (Å²) in [5.41, 5.74) is 4.47. The van der Waals surface area contributed by atoms with Crippen LogP contribution in [0, 0.1) is 18.7 Å². The lowest BCUT2D eigenvalue weighted by atomic mass is 10.1. The first-order chi connectivity index (χ1) is 15.4. The van der Waals surface area contributed by atoms with Crippen LogP contribution in [0.5, 0.6) is 0 Å². The molecular weight excluding hydrogens is 421 g/mol. The molecule has 0 amide bonds. The van der Waals surface area contributed by atoms with E-state index in [1.54, 1.807) is 0 Å². The van der Waals surface area contributed by atoms with E-state index >= 15 is 0 Å². The predicted octanol–water partition coefficient (Wildman–Crippen LogP) is 7.50. The van der Waals surface area contributed by atoms with Gasteiger partial charge in [0.1, 0.15) is 11.6 Å². The lowest BCUT2D eigenvalue weighted by Crippen LogP contribution is -2.26. The summed E-state index contributed by atoms with van der Waals surface area (Å²) in [5.74, 6) is 1.33. The molecule has 1 heterocycles. The zero-order valence-corrected chi connectivity index (χ0v) is 20.5. The van der Waals surface area contributed by atoms with Crippen molar-refractivity contribution in [1.82, 2.24) is 14.5 Å². The Hall–Kier alpha value is -2.17. The van der Waals surface area contributed by atoms with Crippen LogP contribution in [0.1, 0.15) is 56.9 Å². The smallest absolute Gasteiger partial charge is 0.140 e. The van der Waals surface area contributed by atoms with Crippen molar-refractivity contribution in [1.29, 1.82) is 0 Å². The van der Waals surface area contributed by atoms with E-state index in [0.717, 1.165) is 67.4 Å². The second kappa shape index (κ2) is 11.6. The maximum atomic E-state index is 13.4. The number of halogens is 2. The molecule has 1 aromatic heterocycles. The molecule has 0 atom stereocenters. The minimum atomic E-state index is -0.225. The number of rotatable bonds is 11. The van der Waals surface area contributed by atoms with Crippen LogP contribution in [0.2, 0.25) is 5.02 Å². The van der Waals surface area contributed by atoms with Crippen molar-refractivity contribution in [3.63, 3.8) is 0 Å². The molecule has 0 fully saturated rings. The van der Waals surface area contributed by atoms with Crippen molar-refractivity contribution in [2.24, 2.45) is 5.92 Å². The van der Waals surface area contributed by atoms with E-state index in [1.165, 1.54) is 23.4 Å². The highest BCUT2D eigenvalue weighted by atomic mass is 35.5. The number of benzene rings is 2. The van der Waals surface area contributed by atoms with Crippen molar-refractivity contribution in [2.45, 2.75) is 66.6 Å². The Morgan fingerprint density at radius 2 is 1.84 bits per heavy atom. The lowest BCUT2D eigenvalue weighted by Gasteiger charge is -2.24. The van der Waals surface area contributed by atoms with Crippen molar-refractivity contribution in [3.05, 3.63) is 76.3 Å². The Morgan fingerprint density at radius 1 is 1.09 bits per heavy atom. The number of imidazole rings is 1. The number of nitrogens with zero attached hydrogens (tertiary/aromatic N) is 3. The second-order valence-corrected chi connectivity index (χ2v) is 9.47. The van der Waals surface area contributed by atoms with Crippen LogP contribution in [0.15, 0.2) is 48.7 Å². The van der Waals surface area contributed by atoms with Crippen molar-refractivity contribution in [2.75, 3.05) is 6.54 Å². The van der Waals surface area contributed by atoms with E-state index in [0.29, 0.717) is 5.92 Å². The molecule has 0 saturated carbocycles. The first-order valence-electron chi connectivity index (χ1n) is 11.6. The minimum Gasteiger partial charge on any atom is -0.327 e. The molecule has 0 spiro atoms. The van der Waals surface area contributed by atoms with Crippen LogP contribution in [-0.2, 0) is 19.6 Å². The summed E-state index contributed by atoms with van der Waals surface area (Å²) in [6, 6.07) is 13.0. The third kappa shape index (κ3) is 6.66. The van der Waals surface area contributed by atoms with E-state index in [1.807, 2.05) is 25.3 Å². The fourth-order valence-electron chi connectivity index (χ4n) is 3.81. The van der Waals surface area contributed by atoms with Crippen LogP contribution in [-0.4, -0.2) is 21.0 Å². The molecule has 172 valence electrons. The largest absolute Gasteiger partial charge is 0.327 e. The number of hydrogen-bond donors (Lipinski definition) is 0. The molecule has 3 aromatic rings. The average molecular weight is 456 g/mol. The fourth-order valence-corrected chi connectivity index (χ4v) is 4.01. The average Bonchev–Trinajstić information content (AvgIpc) is 3.15. The Bertz CT molecular complexity index is 995. The number of unbranched alkanes of at least 4 members (excludes halogenated alkanes) is 1. The first-order valence-corrected chi connectivity index (χ1v) is 12.0. The van der Waals surface area contributed by atoms with E-state index in [4.69, 9.17) is 16.6 Å². The number of aryl methyl sites for hydroxylation is 1. The Labute approximate surface area is 197 Å². The SMILES string of the molecule is CCCCn1c(CN(CCC(C)C)Cc2ccc(C)c(Cl)c2)cnc1-c1ccc(F)cc1. The summed E-state index contributed by atoms with van der Waals surface area (Å²) in [7, 11) is 0. The Balaban J connectivity index is 1.87. The highest BCUT2D eigenvalue weighted by Gasteiger charge is 2.16. The fraction of sp³-hybridized carbons (Fsp3) is 0.444. The van der Waals surface area contributed by atoms with Crippen molar-refractivity contribution < 1.29 is 4.39 Å². The van der Waals surface area contributed by atoms with E-state index in [9.17, 15) is 4.39 Å². The van der Waals surface area contributed by atoms with Gasteiger partial charge in [-0.15, -0.1) is 0 Å². The van der Waals surface area contributed by atoms with Gasteiger partial charge < -0.3 is 4.57 Å². The molecule has 3 rings (SSSR count). The van der Waals surface area contributed by atoms with Gasteiger partial charge in [-0.25, -0.2) is 9.37 Å². The van der Waals surface area contributed by atoms with Crippen LogP contribution < -0.4 is 0 Å². The molecule has 32 heavy (non-hydrogen) atoms. The van der Waals surface area contributed by atoms with Crippen LogP contribution >= 0.6 is 11.6 Å². The lowest BCUT2D eigenvalue weighted by molar-refractivity contribution is 0.235. The van der Waals surface area contributed by atoms with Crippen LogP contribution in [0.25, 0.3) is 11.4 Å². The second-order valence-electron chi connectivity index (χ2n) is 9.06. The topological polar surface area (TPSA) is 21.1 Å². The van der Waals surface area contributed by atoms with Crippen molar-refractivity contribution >= 4 is 11.6 Å². The molecule has 0 N–H and O–H groups in total. The maximum Gasteiger partial charge on any atom is 0.140 e. The van der Waals surface area contributed by atoms with Gasteiger partial charge in [-0.2, -0.15) is 0 Å². The summed E-state index contributed by atoms with van der Waals surface area (Å²) in [4.78, 5) is 7.22. The molecular formula is C27H35ClFN3. The highest BCUT2D eigenvalue weighted by Crippen LogP contribution is 2.24. The summed E-state index contributed by atoms with van der Waals surface area (Å²) < 4.78 is 15.8. The van der Waals surface area contributed by atoms with E-state index < -0.39 is 0 Å². The monoisotopic (exact) mass is 455 g/mol. The van der Waals surface area contributed by atoms with Crippen molar-refractivity contribution in [3.8, 4) is 11.4 Å². The molecule has 0 aliphatic rings. The van der Waals surface area contributed by atoms with Gasteiger partial charge in [0.05, 0.1) is 11.9 Å². The zero-order chi connectivity index (χ0) is 23.1. The molecule has 0 aliphatic heterocycles. The van der Waals surface area contributed by atoms with Crippen LogP contribution in [0.4, 0.5) is 4.39 Å². The van der Waals surface area contributed by atoms with Crippen LogP contribution in [0.3, 0.4) is 0 Å². The predicted molar refractivity (Wildman–Crippen MR) is 132 cm³/mol. The van der Waals surface area contributed by atoms with Gasteiger partial charge >= 0.3 is 0 Å². The molecule has 0 aliphatic carbocycles. The van der Waals surface area contributed by atoms with E-state index in [2.05, 4.69) is 48.4 Å². The summed E-state index contributed by atoms with van der Waals surface area (Å²) >= 11 is 6.39. The highest BCUT2D eigenvalue weighted by molar-refractivity contribution is 6.31. The first kappa shape index (κ1) is 24.5. The molecule has 0 radical (unpaired) electrons.